The third-order valence-electron chi connectivity index (χ3n) is 4.03. The quantitative estimate of drug-likeness (QED) is 0.589. The molecule has 0 aliphatic carbocycles. The van der Waals surface area contributed by atoms with Gasteiger partial charge in [-0.15, -0.1) is 0 Å². The first kappa shape index (κ1) is 22.0. The molecule has 1 aliphatic rings. The van der Waals surface area contributed by atoms with Crippen LogP contribution >= 0.6 is 35.0 Å². The first-order chi connectivity index (χ1) is 14.3. The van der Waals surface area contributed by atoms with Gasteiger partial charge in [0, 0.05) is 0 Å². The number of carboxylic acids is 1. The van der Waals surface area contributed by atoms with Gasteiger partial charge in [-0.2, -0.15) is 0 Å². The van der Waals surface area contributed by atoms with E-state index in [1.807, 2.05) is 0 Å². The second-order valence-corrected chi connectivity index (χ2v) is 7.92. The Bertz CT molecular complexity index is 1060. The Hall–Kier alpha value is -2.68. The molecular formula is C20H15Cl2NO6S. The van der Waals surface area contributed by atoms with Gasteiger partial charge in [-0.3, -0.25) is 14.5 Å². The number of thioether (sulfide) groups is 1. The van der Waals surface area contributed by atoms with Crippen LogP contribution in [-0.4, -0.2) is 40.8 Å². The highest BCUT2D eigenvalue weighted by atomic mass is 35.5. The summed E-state index contributed by atoms with van der Waals surface area (Å²) in [4.78, 5) is 37.1. The molecule has 1 saturated heterocycles. The van der Waals surface area contributed by atoms with Gasteiger partial charge < -0.3 is 14.6 Å². The van der Waals surface area contributed by atoms with Crippen molar-refractivity contribution in [2.24, 2.45) is 0 Å². The molecule has 3 rings (SSSR count). The topological polar surface area (TPSA) is 93.1 Å². The van der Waals surface area contributed by atoms with Crippen molar-refractivity contribution < 1.29 is 29.0 Å². The first-order valence-corrected chi connectivity index (χ1v) is 10.1. The van der Waals surface area contributed by atoms with E-state index in [0.29, 0.717) is 26.9 Å². The fourth-order valence-electron chi connectivity index (χ4n) is 2.64. The molecule has 7 nitrogen and oxygen atoms in total. The Balaban J connectivity index is 1.79. The van der Waals surface area contributed by atoms with Gasteiger partial charge in [-0.05, 0) is 53.2 Å². The number of methoxy groups -OCH3 is 1. The van der Waals surface area contributed by atoms with Crippen LogP contribution in [0.15, 0.2) is 41.3 Å². The largest absolute Gasteiger partial charge is 0.493 e. The van der Waals surface area contributed by atoms with Gasteiger partial charge in [-0.25, -0.2) is 4.79 Å². The van der Waals surface area contributed by atoms with Crippen LogP contribution in [0.3, 0.4) is 0 Å². The average Bonchev–Trinajstić information content (AvgIpc) is 2.96. The molecule has 0 radical (unpaired) electrons. The molecule has 0 saturated carbocycles. The summed E-state index contributed by atoms with van der Waals surface area (Å²) in [6, 6.07) is 9.66. The molecule has 10 heteroatoms. The molecule has 2 aromatic carbocycles. The molecule has 0 aromatic heterocycles. The number of amides is 2. The van der Waals surface area contributed by atoms with Crippen LogP contribution in [0, 0.1) is 0 Å². The lowest BCUT2D eigenvalue weighted by Crippen LogP contribution is -2.27. The molecule has 156 valence electrons. The second-order valence-electron chi connectivity index (χ2n) is 6.11. The maximum Gasteiger partial charge on any atom is 0.341 e. The summed E-state index contributed by atoms with van der Waals surface area (Å²) in [7, 11) is 1.41. The predicted octanol–water partition coefficient (Wildman–Crippen LogP) is 4.70. The van der Waals surface area contributed by atoms with E-state index in [9.17, 15) is 14.4 Å². The summed E-state index contributed by atoms with van der Waals surface area (Å²) < 4.78 is 10.4. The molecule has 1 fully saturated rings. The monoisotopic (exact) mass is 467 g/mol. The number of hydrogen-bond donors (Lipinski definition) is 1. The van der Waals surface area contributed by atoms with E-state index in [4.69, 9.17) is 37.8 Å². The van der Waals surface area contributed by atoms with Crippen molar-refractivity contribution in [2.45, 2.75) is 6.54 Å². The van der Waals surface area contributed by atoms with Crippen LogP contribution in [0.25, 0.3) is 6.08 Å². The summed E-state index contributed by atoms with van der Waals surface area (Å²) in [6.07, 6.45) is 1.56. The lowest BCUT2D eigenvalue weighted by atomic mass is 10.1. The van der Waals surface area contributed by atoms with Gasteiger partial charge in [0.15, 0.2) is 18.1 Å². The molecule has 2 aromatic rings. The first-order valence-electron chi connectivity index (χ1n) is 8.50. The molecule has 0 atom stereocenters. The van der Waals surface area contributed by atoms with Gasteiger partial charge >= 0.3 is 5.97 Å². The number of aliphatic carboxylic acids is 1. The van der Waals surface area contributed by atoms with Crippen molar-refractivity contribution in [3.63, 3.8) is 0 Å². The minimum atomic E-state index is -1.11. The Labute approximate surface area is 186 Å². The number of hydrogen-bond acceptors (Lipinski definition) is 6. The summed E-state index contributed by atoms with van der Waals surface area (Å²) in [6.45, 7) is -0.437. The Morgan fingerprint density at radius 2 is 1.90 bits per heavy atom. The summed E-state index contributed by atoms with van der Waals surface area (Å²) in [5, 5.41) is 9.06. The van der Waals surface area contributed by atoms with Crippen LogP contribution in [0.5, 0.6) is 11.5 Å². The second kappa shape index (κ2) is 9.42. The van der Waals surface area contributed by atoms with E-state index in [0.717, 1.165) is 16.7 Å². The zero-order valence-corrected chi connectivity index (χ0v) is 17.9. The number of benzene rings is 2. The molecule has 0 spiro atoms. The van der Waals surface area contributed by atoms with Gasteiger partial charge in [0.1, 0.15) is 0 Å². The number of carboxylic acid groups (broad SMARTS) is 1. The van der Waals surface area contributed by atoms with Crippen molar-refractivity contribution in [3.05, 3.63) is 62.5 Å². The van der Waals surface area contributed by atoms with Crippen molar-refractivity contribution in [1.29, 1.82) is 0 Å². The van der Waals surface area contributed by atoms with E-state index in [1.54, 1.807) is 36.4 Å². The third-order valence-corrected chi connectivity index (χ3v) is 5.68. The van der Waals surface area contributed by atoms with E-state index >= 15 is 0 Å². The van der Waals surface area contributed by atoms with E-state index in [1.165, 1.54) is 13.2 Å². The Kier molecular flexibility index (Phi) is 6.91. The standard InChI is InChI=1S/C20H15Cl2NO6S/c1-28-16-7-11(3-5-15(16)29-10-18(24)25)8-17-19(26)23(20(27)30-17)9-12-2-4-13(21)14(22)6-12/h2-8H,9-10H2,1H3,(H,24,25)/b17-8+. The Morgan fingerprint density at radius 3 is 2.57 bits per heavy atom. The molecule has 2 amide bonds. The summed E-state index contributed by atoms with van der Waals surface area (Å²) >= 11 is 12.7. The van der Waals surface area contributed by atoms with Gasteiger partial charge in [0.2, 0.25) is 0 Å². The lowest BCUT2D eigenvalue weighted by Gasteiger charge is -2.13. The number of halogens is 2. The average molecular weight is 468 g/mol. The van der Waals surface area contributed by atoms with E-state index in [-0.39, 0.29) is 17.2 Å². The number of imide groups is 1. The zero-order valence-electron chi connectivity index (χ0n) is 15.6. The molecule has 1 aliphatic heterocycles. The molecule has 1 N–H and O–H groups in total. The van der Waals surface area contributed by atoms with Crippen LogP contribution in [-0.2, 0) is 16.1 Å². The van der Waals surface area contributed by atoms with E-state index in [2.05, 4.69) is 0 Å². The van der Waals surface area contributed by atoms with Gasteiger partial charge in [0.05, 0.1) is 28.6 Å². The van der Waals surface area contributed by atoms with Crippen molar-refractivity contribution in [3.8, 4) is 11.5 Å². The highest BCUT2D eigenvalue weighted by Crippen LogP contribution is 2.35. The number of rotatable bonds is 7. The number of carbonyl (C=O) groups excluding carboxylic acids is 2. The maximum absolute atomic E-state index is 12.7. The maximum atomic E-state index is 12.7. The number of ether oxygens (including phenoxy) is 2. The lowest BCUT2D eigenvalue weighted by molar-refractivity contribution is -0.139. The minimum absolute atomic E-state index is 0.0736. The molecule has 1 heterocycles. The molecule has 0 bridgehead atoms. The Morgan fingerprint density at radius 1 is 1.13 bits per heavy atom. The summed E-state index contributed by atoms with van der Waals surface area (Å²) in [5.74, 6) is -0.983. The van der Waals surface area contributed by atoms with Crippen LogP contribution in [0.1, 0.15) is 11.1 Å². The van der Waals surface area contributed by atoms with E-state index < -0.39 is 23.7 Å². The predicted molar refractivity (Wildman–Crippen MR) is 114 cm³/mol. The SMILES string of the molecule is COc1cc(/C=C2/SC(=O)N(Cc3ccc(Cl)c(Cl)c3)C2=O)ccc1OCC(=O)O. The highest BCUT2D eigenvalue weighted by molar-refractivity contribution is 8.18. The zero-order chi connectivity index (χ0) is 21.8. The van der Waals surface area contributed by atoms with Gasteiger partial charge in [0.25, 0.3) is 11.1 Å². The van der Waals surface area contributed by atoms with Crippen molar-refractivity contribution in [2.75, 3.05) is 13.7 Å². The normalized spacial score (nSPS) is 15.0. The number of carbonyl (C=O) groups is 3. The van der Waals surface area contributed by atoms with Crippen LogP contribution in [0.4, 0.5) is 4.79 Å². The fraction of sp³-hybridized carbons (Fsp3) is 0.150. The molecule has 0 unspecified atom stereocenters. The van der Waals surface area contributed by atoms with Gasteiger partial charge in [-0.1, -0.05) is 35.3 Å². The molecular weight excluding hydrogens is 453 g/mol. The smallest absolute Gasteiger partial charge is 0.341 e. The summed E-state index contributed by atoms with van der Waals surface area (Å²) in [5.41, 5.74) is 1.27. The molecule has 30 heavy (non-hydrogen) atoms. The minimum Gasteiger partial charge on any atom is -0.493 e. The van der Waals surface area contributed by atoms with Crippen molar-refractivity contribution >= 4 is 58.2 Å². The highest BCUT2D eigenvalue weighted by Gasteiger charge is 2.35. The van der Waals surface area contributed by atoms with Crippen molar-refractivity contribution in [1.82, 2.24) is 4.90 Å². The third kappa shape index (κ3) is 5.08. The van der Waals surface area contributed by atoms with Crippen LogP contribution in [0.2, 0.25) is 10.0 Å². The number of nitrogens with zero attached hydrogens (tertiary/aromatic N) is 1. The fourth-order valence-corrected chi connectivity index (χ4v) is 3.80. The van der Waals surface area contributed by atoms with Crippen LogP contribution < -0.4 is 9.47 Å².